The van der Waals surface area contributed by atoms with Crippen LogP contribution in [0.5, 0.6) is 0 Å². The van der Waals surface area contributed by atoms with Crippen LogP contribution in [0, 0.1) is 0 Å². The van der Waals surface area contributed by atoms with Crippen molar-refractivity contribution in [2.75, 3.05) is 13.2 Å². The van der Waals surface area contributed by atoms with E-state index >= 15 is 0 Å². The molecule has 1 saturated heterocycles. The Labute approximate surface area is 539 Å². The topological polar surface area (TPSA) is 189 Å². The van der Waals surface area contributed by atoms with Crippen LogP contribution in [-0.4, -0.2) is 110 Å². The second-order valence-corrected chi connectivity index (χ2v) is 27.8. The van der Waals surface area contributed by atoms with Crippen molar-refractivity contribution in [2.45, 2.75) is 467 Å². The summed E-state index contributed by atoms with van der Waals surface area (Å²) in [5.41, 5.74) is 0. The fourth-order valence-corrected chi connectivity index (χ4v) is 13.2. The number of aliphatic hydroxyl groups is 7. The molecule has 87 heavy (non-hydrogen) atoms. The highest BCUT2D eigenvalue weighted by atomic mass is 16.7. The molecule has 0 aliphatic carbocycles. The van der Waals surface area contributed by atoms with E-state index in [0.717, 1.165) is 38.5 Å². The van der Waals surface area contributed by atoms with Gasteiger partial charge in [-0.2, -0.15) is 0 Å². The van der Waals surface area contributed by atoms with Crippen LogP contribution < -0.4 is 5.32 Å². The van der Waals surface area contributed by atoms with E-state index in [1.807, 2.05) is 0 Å². The Hall–Kier alpha value is -0.890. The molecule has 0 aromatic heterocycles. The summed E-state index contributed by atoms with van der Waals surface area (Å²) < 4.78 is 11.2. The molecule has 0 aromatic carbocycles. The van der Waals surface area contributed by atoms with Crippen molar-refractivity contribution in [3.63, 3.8) is 0 Å². The van der Waals surface area contributed by atoms with Gasteiger partial charge in [0.2, 0.25) is 5.91 Å². The van der Waals surface area contributed by atoms with Crippen LogP contribution in [0.25, 0.3) is 0 Å². The van der Waals surface area contributed by atoms with Gasteiger partial charge in [-0.05, 0) is 12.8 Å². The SMILES string of the molecule is CCCCCCCCCCCCCCCCCCCCCCCCCCCCCCCCCC(O)C(O)C(COC1OC(CO)C(O)C(O)C1O)NC(=O)C(O)CCCCCCCCCCCCCCCCCCCCCCCCCCCCCCC. The Morgan fingerprint density at radius 3 is 0.851 bits per heavy atom. The number of amides is 1. The van der Waals surface area contributed by atoms with Crippen LogP contribution in [0.15, 0.2) is 0 Å². The number of hydrogen-bond donors (Lipinski definition) is 8. The van der Waals surface area contributed by atoms with Crippen LogP contribution in [-0.2, 0) is 14.3 Å². The Morgan fingerprint density at radius 2 is 0.598 bits per heavy atom. The number of nitrogens with one attached hydrogen (secondary N) is 1. The van der Waals surface area contributed by atoms with Gasteiger partial charge in [-0.25, -0.2) is 0 Å². The lowest BCUT2D eigenvalue weighted by molar-refractivity contribution is -0.303. The summed E-state index contributed by atoms with van der Waals surface area (Å²) in [7, 11) is 0. The first-order chi connectivity index (χ1) is 42.7. The lowest BCUT2D eigenvalue weighted by Gasteiger charge is -2.40. The quantitative estimate of drug-likeness (QED) is 0.0272. The zero-order valence-corrected chi connectivity index (χ0v) is 57.8. The van der Waals surface area contributed by atoms with Crippen molar-refractivity contribution < 1.29 is 50.0 Å². The molecule has 9 unspecified atom stereocenters. The molecule has 0 bridgehead atoms. The molecule has 9 atom stereocenters. The van der Waals surface area contributed by atoms with E-state index in [4.69, 9.17) is 9.47 Å². The van der Waals surface area contributed by atoms with Gasteiger partial charge in [0, 0.05) is 0 Å². The van der Waals surface area contributed by atoms with Gasteiger partial charge in [0.25, 0.3) is 0 Å². The smallest absolute Gasteiger partial charge is 0.249 e. The predicted octanol–water partition coefficient (Wildman–Crippen LogP) is 19.6. The highest BCUT2D eigenvalue weighted by molar-refractivity contribution is 5.80. The molecule has 1 heterocycles. The highest BCUT2D eigenvalue weighted by Gasteiger charge is 2.44. The number of carbonyl (C=O) groups is 1. The number of ether oxygens (including phenoxy) is 2. The molecule has 11 heteroatoms. The fourth-order valence-electron chi connectivity index (χ4n) is 13.2. The van der Waals surface area contributed by atoms with Gasteiger partial charge in [-0.3, -0.25) is 4.79 Å². The summed E-state index contributed by atoms with van der Waals surface area (Å²) in [4.78, 5) is 13.3. The van der Waals surface area contributed by atoms with E-state index in [0.29, 0.717) is 19.3 Å². The van der Waals surface area contributed by atoms with Crippen LogP contribution in [0.2, 0.25) is 0 Å². The molecular formula is C76H151NO10. The second kappa shape index (κ2) is 65.2. The zero-order valence-electron chi connectivity index (χ0n) is 57.8. The molecule has 0 radical (unpaired) electrons. The maximum absolute atomic E-state index is 13.3. The van der Waals surface area contributed by atoms with Crippen molar-refractivity contribution in [1.82, 2.24) is 5.32 Å². The van der Waals surface area contributed by atoms with Crippen LogP contribution >= 0.6 is 0 Å². The van der Waals surface area contributed by atoms with Crippen molar-refractivity contribution in [3.05, 3.63) is 0 Å². The molecule has 8 N–H and O–H groups in total. The lowest BCUT2D eigenvalue weighted by atomic mass is 9.98. The first-order valence-electron chi connectivity index (χ1n) is 38.9. The summed E-state index contributed by atoms with van der Waals surface area (Å²) in [5.74, 6) is -0.685. The van der Waals surface area contributed by atoms with E-state index < -0.39 is 74.2 Å². The number of rotatable bonds is 70. The highest BCUT2D eigenvalue weighted by Crippen LogP contribution is 2.25. The van der Waals surface area contributed by atoms with Gasteiger partial charge in [0.15, 0.2) is 6.29 Å². The maximum Gasteiger partial charge on any atom is 0.249 e. The van der Waals surface area contributed by atoms with Crippen molar-refractivity contribution in [1.29, 1.82) is 0 Å². The van der Waals surface area contributed by atoms with Gasteiger partial charge in [-0.1, -0.05) is 399 Å². The molecule has 0 spiro atoms. The van der Waals surface area contributed by atoms with E-state index in [1.165, 1.54) is 334 Å². The molecule has 1 aliphatic rings. The fraction of sp³-hybridized carbons (Fsp3) is 0.987. The Kier molecular flexibility index (Phi) is 63.0. The molecular weight excluding hydrogens is 1090 g/mol. The maximum atomic E-state index is 13.3. The Morgan fingerprint density at radius 1 is 0.356 bits per heavy atom. The van der Waals surface area contributed by atoms with Crippen LogP contribution in [0.3, 0.4) is 0 Å². The molecule has 520 valence electrons. The van der Waals surface area contributed by atoms with Crippen molar-refractivity contribution in [3.8, 4) is 0 Å². The van der Waals surface area contributed by atoms with Crippen LogP contribution in [0.1, 0.15) is 412 Å². The lowest BCUT2D eigenvalue weighted by Crippen LogP contribution is -2.60. The van der Waals surface area contributed by atoms with Crippen molar-refractivity contribution >= 4 is 5.91 Å². The third-order valence-electron chi connectivity index (χ3n) is 19.4. The normalized spacial score (nSPS) is 18.6. The monoisotopic (exact) mass is 1240 g/mol. The van der Waals surface area contributed by atoms with Gasteiger partial charge in [0.1, 0.15) is 36.6 Å². The summed E-state index contributed by atoms with van der Waals surface area (Å²) >= 11 is 0. The third-order valence-corrected chi connectivity index (χ3v) is 19.4. The molecule has 1 rings (SSSR count). The summed E-state index contributed by atoms with van der Waals surface area (Å²) in [6.07, 6.45) is 69.2. The van der Waals surface area contributed by atoms with Gasteiger partial charge >= 0.3 is 0 Å². The largest absolute Gasteiger partial charge is 0.394 e. The summed E-state index contributed by atoms with van der Waals surface area (Å²) in [6.45, 7) is 3.54. The number of aliphatic hydroxyl groups excluding tert-OH is 7. The molecule has 11 nitrogen and oxygen atoms in total. The summed E-state index contributed by atoms with van der Waals surface area (Å²) in [5, 5.41) is 76.7. The van der Waals surface area contributed by atoms with Gasteiger partial charge in [-0.15, -0.1) is 0 Å². The zero-order chi connectivity index (χ0) is 63.1. The van der Waals surface area contributed by atoms with Crippen molar-refractivity contribution in [2.24, 2.45) is 0 Å². The number of carbonyl (C=O) groups excluding carboxylic acids is 1. The van der Waals surface area contributed by atoms with E-state index in [1.54, 1.807) is 0 Å². The minimum atomic E-state index is -1.66. The molecule has 0 saturated carbocycles. The standard InChI is InChI=1S/C76H151NO10/c1-3-5-7-9-11-13-15-17-19-21-23-25-27-29-31-33-34-36-37-39-41-43-45-47-49-51-53-55-57-59-61-63-68(79)71(81)67(66-86-76-74(84)73(83)72(82)70(65-78)87-76)77-75(85)69(80)64-62-60-58-56-54-52-50-48-46-44-42-40-38-35-32-30-28-26-24-22-20-18-16-14-12-10-8-6-4-2/h67-74,76,78-84H,3-66H2,1-2H3,(H,77,85). The van der Waals surface area contributed by atoms with E-state index in [-0.39, 0.29) is 6.42 Å². The van der Waals surface area contributed by atoms with Gasteiger partial charge in [0.05, 0.1) is 25.4 Å². The number of hydrogen-bond acceptors (Lipinski definition) is 10. The number of unbranched alkanes of at least 4 members (excludes halogenated alkanes) is 58. The second-order valence-electron chi connectivity index (χ2n) is 27.8. The van der Waals surface area contributed by atoms with Crippen LogP contribution in [0.4, 0.5) is 0 Å². The average molecular weight is 1240 g/mol. The molecule has 1 aliphatic heterocycles. The Balaban J connectivity index is 2.13. The predicted molar refractivity (Wildman–Crippen MR) is 367 cm³/mol. The molecule has 0 aromatic rings. The minimum Gasteiger partial charge on any atom is -0.394 e. The minimum absolute atomic E-state index is 0.268. The average Bonchev–Trinajstić information content (AvgIpc) is 1.97. The summed E-state index contributed by atoms with van der Waals surface area (Å²) in [6, 6.07) is -1.17. The Bertz CT molecular complexity index is 1380. The third kappa shape index (κ3) is 52.2. The van der Waals surface area contributed by atoms with E-state index in [2.05, 4.69) is 19.2 Å². The first kappa shape index (κ1) is 84.1. The van der Waals surface area contributed by atoms with E-state index in [9.17, 15) is 40.5 Å². The first-order valence-corrected chi connectivity index (χ1v) is 38.9. The molecule has 1 fully saturated rings. The van der Waals surface area contributed by atoms with Gasteiger partial charge < -0.3 is 50.5 Å². The molecule has 1 amide bonds.